The van der Waals surface area contributed by atoms with Gasteiger partial charge in [-0.05, 0) is 19.9 Å². The van der Waals surface area contributed by atoms with Crippen molar-refractivity contribution in [3.8, 4) is 0 Å². The van der Waals surface area contributed by atoms with Gasteiger partial charge in [-0.25, -0.2) is 4.79 Å². The van der Waals surface area contributed by atoms with E-state index in [1.54, 1.807) is 13.0 Å². The molecule has 0 bridgehead atoms. The molecule has 0 radical (unpaired) electrons. The summed E-state index contributed by atoms with van der Waals surface area (Å²) in [5.74, 6) is -0.103. The van der Waals surface area contributed by atoms with Gasteiger partial charge in [0.1, 0.15) is 17.1 Å². The van der Waals surface area contributed by atoms with Crippen LogP contribution >= 0.6 is 0 Å². The molecule has 2 atom stereocenters. The molecule has 6 nitrogen and oxygen atoms in total. The largest absolute Gasteiger partial charge is 0.479 e. The van der Waals surface area contributed by atoms with Gasteiger partial charge in [-0.15, -0.1) is 0 Å². The summed E-state index contributed by atoms with van der Waals surface area (Å²) < 4.78 is 11.2. The fourth-order valence-electron chi connectivity index (χ4n) is 3.31. The Labute approximate surface area is 142 Å². The van der Waals surface area contributed by atoms with Gasteiger partial charge in [0.25, 0.3) is 5.91 Å². The number of hydrogen-bond donors (Lipinski definition) is 2. The molecule has 1 aromatic rings. The van der Waals surface area contributed by atoms with E-state index >= 15 is 0 Å². The summed E-state index contributed by atoms with van der Waals surface area (Å²) in [5.41, 5.74) is -1.66. The summed E-state index contributed by atoms with van der Waals surface area (Å²) in [6.07, 6.45) is 0.0543. The van der Waals surface area contributed by atoms with Crippen molar-refractivity contribution >= 4 is 11.9 Å². The third-order valence-electron chi connectivity index (χ3n) is 5.21. The number of hydrogen-bond acceptors (Lipinski definition) is 4. The highest BCUT2D eigenvalue weighted by atomic mass is 16.5. The molecule has 1 fully saturated rings. The van der Waals surface area contributed by atoms with Gasteiger partial charge in [0.15, 0.2) is 0 Å². The Bertz CT molecular complexity index is 646. The lowest BCUT2D eigenvalue weighted by atomic mass is 9.54. The van der Waals surface area contributed by atoms with Crippen molar-refractivity contribution in [3.63, 3.8) is 0 Å². The first-order chi connectivity index (χ1) is 11.1. The topological polar surface area (TPSA) is 88.8 Å². The molecular formula is C18H27NO5. The number of carboxylic acid groups (broad SMARTS) is 1. The van der Waals surface area contributed by atoms with Crippen molar-refractivity contribution in [1.29, 1.82) is 0 Å². The molecule has 6 heteroatoms. The molecule has 1 amide bonds. The first kappa shape index (κ1) is 18.5. The van der Waals surface area contributed by atoms with Gasteiger partial charge < -0.3 is 19.6 Å². The van der Waals surface area contributed by atoms with E-state index in [-0.39, 0.29) is 18.4 Å². The van der Waals surface area contributed by atoms with Crippen LogP contribution in [0.25, 0.3) is 0 Å². The molecule has 2 N–H and O–H groups in total. The zero-order chi connectivity index (χ0) is 18.3. The molecule has 2 rings (SSSR count). The van der Waals surface area contributed by atoms with Crippen LogP contribution in [-0.4, -0.2) is 35.2 Å². The molecule has 0 unspecified atom stereocenters. The number of amides is 1. The Morgan fingerprint density at radius 3 is 2.50 bits per heavy atom. The zero-order valence-corrected chi connectivity index (χ0v) is 15.2. The lowest BCUT2D eigenvalue weighted by Gasteiger charge is -2.58. The highest BCUT2D eigenvalue weighted by Gasteiger charge is 2.66. The quantitative estimate of drug-likeness (QED) is 0.832. The maximum Gasteiger partial charge on any atom is 0.330 e. The molecule has 134 valence electrons. The first-order valence-corrected chi connectivity index (χ1v) is 8.34. The molecular weight excluding hydrogens is 310 g/mol. The van der Waals surface area contributed by atoms with Crippen LogP contribution in [0.2, 0.25) is 0 Å². The fourth-order valence-corrected chi connectivity index (χ4v) is 3.31. The summed E-state index contributed by atoms with van der Waals surface area (Å²) in [5, 5.41) is 12.5. The van der Waals surface area contributed by atoms with Gasteiger partial charge in [0, 0.05) is 24.4 Å². The number of nitrogens with one attached hydrogen (secondary N) is 1. The van der Waals surface area contributed by atoms with E-state index in [0.29, 0.717) is 23.7 Å². The minimum absolute atomic E-state index is 0.154. The Morgan fingerprint density at radius 2 is 2.08 bits per heavy atom. The summed E-state index contributed by atoms with van der Waals surface area (Å²) in [7, 11) is 0. The average molecular weight is 337 g/mol. The summed E-state index contributed by atoms with van der Waals surface area (Å²) in [6.45, 7) is 11.7. The van der Waals surface area contributed by atoms with Crippen LogP contribution in [0.5, 0.6) is 0 Å². The Balaban J connectivity index is 2.27. The van der Waals surface area contributed by atoms with Crippen molar-refractivity contribution in [3.05, 3.63) is 23.2 Å². The SMILES string of the molecule is CCO[C@H]1C[C@](NC(=O)c2cc(C(C)C)oc2C)(C(=O)O)C1(C)C. The van der Waals surface area contributed by atoms with Gasteiger partial charge in [-0.1, -0.05) is 27.7 Å². The molecule has 0 saturated heterocycles. The average Bonchev–Trinajstić information content (AvgIpc) is 2.87. The van der Waals surface area contributed by atoms with E-state index < -0.39 is 22.8 Å². The predicted octanol–water partition coefficient (Wildman–Crippen LogP) is 3.10. The predicted molar refractivity (Wildman–Crippen MR) is 89.2 cm³/mol. The number of aliphatic carboxylic acids is 1. The van der Waals surface area contributed by atoms with Gasteiger partial charge in [0.2, 0.25) is 0 Å². The highest BCUT2D eigenvalue weighted by Crippen LogP contribution is 2.51. The minimum Gasteiger partial charge on any atom is -0.479 e. The van der Waals surface area contributed by atoms with Crippen LogP contribution in [0.4, 0.5) is 0 Å². The standard InChI is InChI=1S/C18H27NO5/c1-7-23-14-9-18(16(21)22,17(14,5)6)19-15(20)12-8-13(10(2)3)24-11(12)4/h8,10,14H,7,9H2,1-6H3,(H,19,20)(H,21,22)/t14-,18-/m0/s1. The Hall–Kier alpha value is -1.82. The maximum atomic E-state index is 12.7. The number of rotatable bonds is 6. The molecule has 1 saturated carbocycles. The van der Waals surface area contributed by atoms with Gasteiger partial charge >= 0.3 is 5.97 Å². The second-order valence-electron chi connectivity index (χ2n) is 7.31. The van der Waals surface area contributed by atoms with E-state index in [1.165, 1.54) is 0 Å². The van der Waals surface area contributed by atoms with Crippen LogP contribution in [0.15, 0.2) is 10.5 Å². The smallest absolute Gasteiger partial charge is 0.330 e. The zero-order valence-electron chi connectivity index (χ0n) is 15.2. The molecule has 0 aromatic carbocycles. The van der Waals surface area contributed by atoms with Gasteiger partial charge in [0.05, 0.1) is 11.7 Å². The van der Waals surface area contributed by atoms with Crippen LogP contribution < -0.4 is 5.32 Å². The minimum atomic E-state index is -1.34. The van der Waals surface area contributed by atoms with E-state index in [9.17, 15) is 14.7 Å². The highest BCUT2D eigenvalue weighted by molar-refractivity contribution is 5.99. The normalized spacial score (nSPS) is 25.4. The Morgan fingerprint density at radius 1 is 1.46 bits per heavy atom. The van der Waals surface area contributed by atoms with Crippen LogP contribution in [0.1, 0.15) is 68.8 Å². The van der Waals surface area contributed by atoms with Crippen LogP contribution in [0.3, 0.4) is 0 Å². The second-order valence-corrected chi connectivity index (χ2v) is 7.31. The lowest BCUT2D eigenvalue weighted by molar-refractivity contribution is -0.190. The first-order valence-electron chi connectivity index (χ1n) is 8.34. The van der Waals surface area contributed by atoms with E-state index in [2.05, 4.69) is 5.32 Å². The summed E-state index contributed by atoms with van der Waals surface area (Å²) >= 11 is 0. The van der Waals surface area contributed by atoms with Crippen molar-refractivity contribution in [2.45, 2.75) is 65.5 Å². The molecule has 0 aliphatic heterocycles. The summed E-state index contributed by atoms with van der Waals surface area (Å²) in [4.78, 5) is 24.6. The maximum absolute atomic E-state index is 12.7. The molecule has 24 heavy (non-hydrogen) atoms. The van der Waals surface area contributed by atoms with Crippen molar-refractivity contribution in [1.82, 2.24) is 5.32 Å². The van der Waals surface area contributed by atoms with E-state index in [0.717, 1.165) is 0 Å². The lowest BCUT2D eigenvalue weighted by Crippen LogP contribution is -2.76. The van der Waals surface area contributed by atoms with E-state index in [1.807, 2.05) is 34.6 Å². The molecule has 0 spiro atoms. The molecule has 1 aliphatic rings. The van der Waals surface area contributed by atoms with Gasteiger partial charge in [-0.3, -0.25) is 4.79 Å². The van der Waals surface area contributed by atoms with Crippen molar-refractivity contribution in [2.75, 3.05) is 6.61 Å². The third kappa shape index (κ3) is 2.73. The number of furan rings is 1. The molecule has 1 aromatic heterocycles. The number of carbonyl (C=O) groups is 2. The molecule has 1 heterocycles. The monoisotopic (exact) mass is 337 g/mol. The van der Waals surface area contributed by atoms with Crippen LogP contribution in [-0.2, 0) is 9.53 Å². The van der Waals surface area contributed by atoms with E-state index in [4.69, 9.17) is 9.15 Å². The third-order valence-corrected chi connectivity index (χ3v) is 5.21. The number of aryl methyl sites for hydroxylation is 1. The van der Waals surface area contributed by atoms with Crippen molar-refractivity contribution in [2.24, 2.45) is 5.41 Å². The van der Waals surface area contributed by atoms with Gasteiger partial charge in [-0.2, -0.15) is 0 Å². The Kier molecular flexibility index (Phi) is 4.81. The fraction of sp³-hybridized carbons (Fsp3) is 0.667. The second kappa shape index (κ2) is 6.24. The number of ether oxygens (including phenoxy) is 1. The summed E-state index contributed by atoms with van der Waals surface area (Å²) in [6, 6.07) is 1.69. The van der Waals surface area contributed by atoms with Crippen LogP contribution in [0, 0.1) is 12.3 Å². The number of carbonyl (C=O) groups excluding carboxylic acids is 1. The number of carboxylic acids is 1. The van der Waals surface area contributed by atoms with Crippen molar-refractivity contribution < 1.29 is 23.8 Å². The molecule has 1 aliphatic carbocycles.